The van der Waals surface area contributed by atoms with E-state index in [1.54, 1.807) is 12.3 Å². The minimum absolute atomic E-state index is 0.631. The third kappa shape index (κ3) is 1.24. The Balaban J connectivity index is 3.04. The monoisotopic (exact) mass is 178 g/mol. The Hall–Kier alpha value is 0.110. The smallest absolute Gasteiger partial charge is 0.158 e. The molecule has 0 N–H and O–H groups in total. The Morgan fingerprint density at radius 1 is 1.71 bits per heavy atom. The molecule has 0 unspecified atom stereocenters. The van der Waals surface area contributed by atoms with E-state index in [0.29, 0.717) is 5.09 Å². The van der Waals surface area contributed by atoms with E-state index in [1.807, 2.05) is 0 Å². The Kier molecular flexibility index (Phi) is 1.44. The predicted octanol–water partition coefficient (Wildman–Crippen LogP) is 2.33. The van der Waals surface area contributed by atoms with Crippen LogP contribution in [0.25, 0.3) is 0 Å². The van der Waals surface area contributed by atoms with Crippen molar-refractivity contribution in [1.82, 2.24) is 0 Å². The van der Waals surface area contributed by atoms with Crippen LogP contribution in [0.5, 0.6) is 0 Å². The summed E-state index contributed by atoms with van der Waals surface area (Å²) in [4.78, 5) is 0. The highest BCUT2D eigenvalue weighted by Crippen LogP contribution is 2.15. The second-order valence-electron chi connectivity index (χ2n) is 1.10. The maximum atomic E-state index is 4.78. The van der Waals surface area contributed by atoms with E-state index in [0.717, 1.165) is 4.47 Å². The van der Waals surface area contributed by atoms with Crippen LogP contribution in [0.3, 0.4) is 0 Å². The van der Waals surface area contributed by atoms with Crippen LogP contribution in [0.1, 0.15) is 0 Å². The molecule has 38 valence electrons. The fraction of sp³-hybridized carbons (Fsp3) is 0. The van der Waals surface area contributed by atoms with Gasteiger partial charge in [0, 0.05) is 6.07 Å². The molecule has 0 saturated carbocycles. The van der Waals surface area contributed by atoms with Crippen molar-refractivity contribution >= 4 is 28.6 Å². The van der Waals surface area contributed by atoms with Gasteiger partial charge in [0.25, 0.3) is 0 Å². The van der Waals surface area contributed by atoms with E-state index >= 15 is 0 Å². The Labute approximate surface area is 55.2 Å². The molecule has 0 bridgehead atoms. The van der Waals surface area contributed by atoms with Gasteiger partial charge >= 0.3 is 0 Å². The van der Waals surface area contributed by atoms with Crippen LogP contribution < -0.4 is 0 Å². The Morgan fingerprint density at radius 2 is 2.43 bits per heavy atom. The normalized spacial score (nSPS) is 9.43. The first kappa shape index (κ1) is 5.25. The van der Waals surface area contributed by atoms with Gasteiger partial charge in [0.15, 0.2) is 5.09 Å². The van der Waals surface area contributed by atoms with Crippen molar-refractivity contribution in [1.29, 1.82) is 0 Å². The van der Waals surface area contributed by atoms with Crippen LogP contribution in [0.4, 0.5) is 0 Å². The molecule has 0 spiro atoms. The lowest BCUT2D eigenvalue weighted by Gasteiger charge is -1.67. The summed E-state index contributed by atoms with van der Waals surface area (Å²) >= 11 is 7.10. The zero-order chi connectivity index (χ0) is 5.28. The molecule has 0 radical (unpaired) electrons. The van der Waals surface area contributed by atoms with E-state index in [-0.39, 0.29) is 0 Å². The summed E-state index contributed by atoms with van der Waals surface area (Å²) in [5, 5.41) is 0.631. The molecule has 0 fully saturated rings. The van der Waals surface area contributed by atoms with Gasteiger partial charge in [-0.05, 0) is 15.9 Å². The quantitative estimate of drug-likeness (QED) is 0.603. The van der Waals surface area contributed by atoms with E-state index in [4.69, 9.17) is 4.42 Å². The zero-order valence-electron chi connectivity index (χ0n) is 3.39. The van der Waals surface area contributed by atoms with Crippen LogP contribution in [0.15, 0.2) is 26.3 Å². The van der Waals surface area contributed by atoms with Crippen molar-refractivity contribution in [2.75, 3.05) is 0 Å². The highest BCUT2D eigenvalue weighted by Gasteiger charge is 1.88. The number of rotatable bonds is 0. The molecular weight excluding hydrogens is 176 g/mol. The van der Waals surface area contributed by atoms with Gasteiger partial charge in [0.1, 0.15) is 6.26 Å². The summed E-state index contributed by atoms with van der Waals surface area (Å²) in [6, 6.07) is 1.78. The summed E-state index contributed by atoms with van der Waals surface area (Å²) < 4.78 is 5.71. The number of hydrogen-bond acceptors (Lipinski definition) is 2. The molecule has 0 amide bonds. The second-order valence-corrected chi connectivity index (χ2v) is 2.46. The maximum absolute atomic E-state index is 4.78. The first-order chi connectivity index (χ1) is 3.29. The first-order valence-corrected chi connectivity index (χ1v) is 2.96. The van der Waals surface area contributed by atoms with Crippen molar-refractivity contribution < 1.29 is 4.42 Å². The number of thiol groups is 1. The van der Waals surface area contributed by atoms with Crippen molar-refractivity contribution in [3.63, 3.8) is 0 Å². The van der Waals surface area contributed by atoms with Gasteiger partial charge in [-0.1, -0.05) is 0 Å². The first-order valence-electron chi connectivity index (χ1n) is 1.72. The lowest BCUT2D eigenvalue weighted by molar-refractivity contribution is 0.476. The number of halogens is 1. The van der Waals surface area contributed by atoms with Gasteiger partial charge in [-0.25, -0.2) is 0 Å². The molecule has 0 saturated heterocycles. The van der Waals surface area contributed by atoms with E-state index < -0.39 is 0 Å². The van der Waals surface area contributed by atoms with E-state index in [1.165, 1.54) is 0 Å². The lowest BCUT2D eigenvalue weighted by Crippen LogP contribution is -1.41. The van der Waals surface area contributed by atoms with Gasteiger partial charge in [-0.3, -0.25) is 0 Å². The van der Waals surface area contributed by atoms with Crippen molar-refractivity contribution in [2.45, 2.75) is 5.09 Å². The average molecular weight is 179 g/mol. The van der Waals surface area contributed by atoms with Crippen molar-refractivity contribution in [2.24, 2.45) is 0 Å². The third-order valence-electron chi connectivity index (χ3n) is 0.554. The molecule has 0 aliphatic rings. The molecule has 0 aliphatic carbocycles. The fourth-order valence-corrected chi connectivity index (χ4v) is 0.973. The van der Waals surface area contributed by atoms with Crippen LogP contribution in [0.2, 0.25) is 0 Å². The SMILES string of the molecule is Sc1cc(Br)co1. The molecule has 0 aliphatic heterocycles. The van der Waals surface area contributed by atoms with Crippen LogP contribution >= 0.6 is 28.6 Å². The van der Waals surface area contributed by atoms with Gasteiger partial charge < -0.3 is 4.42 Å². The lowest BCUT2D eigenvalue weighted by atomic mass is 10.7. The van der Waals surface area contributed by atoms with E-state index in [9.17, 15) is 0 Å². The summed E-state index contributed by atoms with van der Waals surface area (Å²) in [6.45, 7) is 0. The third-order valence-corrected chi connectivity index (χ3v) is 1.20. The predicted molar refractivity (Wildman–Crippen MR) is 33.7 cm³/mol. The molecule has 1 rings (SSSR count). The molecule has 1 aromatic heterocycles. The van der Waals surface area contributed by atoms with Gasteiger partial charge in [-0.15, -0.1) is 12.6 Å². The molecule has 0 atom stereocenters. The molecule has 1 nitrogen and oxygen atoms in total. The molecule has 3 heteroatoms. The minimum Gasteiger partial charge on any atom is -0.457 e. The van der Waals surface area contributed by atoms with Gasteiger partial charge in [-0.2, -0.15) is 0 Å². The van der Waals surface area contributed by atoms with Gasteiger partial charge in [0.2, 0.25) is 0 Å². The van der Waals surface area contributed by atoms with Crippen molar-refractivity contribution in [3.8, 4) is 0 Å². The summed E-state index contributed by atoms with van der Waals surface area (Å²) in [7, 11) is 0. The van der Waals surface area contributed by atoms with Gasteiger partial charge in [0.05, 0.1) is 4.47 Å². The van der Waals surface area contributed by atoms with Crippen molar-refractivity contribution in [3.05, 3.63) is 16.8 Å². The fourth-order valence-electron chi connectivity index (χ4n) is 0.303. The summed E-state index contributed by atoms with van der Waals surface area (Å²) in [5.41, 5.74) is 0. The highest BCUT2D eigenvalue weighted by molar-refractivity contribution is 9.10. The number of furan rings is 1. The standard InChI is InChI=1S/C4H3BrOS/c5-3-1-4(7)6-2-3/h1-2,7H. The summed E-state index contributed by atoms with van der Waals surface area (Å²) in [6.07, 6.45) is 1.59. The zero-order valence-corrected chi connectivity index (χ0v) is 5.87. The molecule has 1 aromatic rings. The molecule has 1 heterocycles. The van der Waals surface area contributed by atoms with E-state index in [2.05, 4.69) is 28.6 Å². The second kappa shape index (κ2) is 1.92. The minimum atomic E-state index is 0.631. The number of hydrogen-bond donors (Lipinski definition) is 1. The maximum Gasteiger partial charge on any atom is 0.158 e. The highest BCUT2D eigenvalue weighted by atomic mass is 79.9. The molecule has 0 aromatic carbocycles. The summed E-state index contributed by atoms with van der Waals surface area (Å²) in [5.74, 6) is 0. The molecule has 7 heavy (non-hydrogen) atoms. The Morgan fingerprint density at radius 3 is 2.57 bits per heavy atom. The largest absolute Gasteiger partial charge is 0.457 e. The average Bonchev–Trinajstić information content (AvgIpc) is 1.87. The van der Waals surface area contributed by atoms with Crippen LogP contribution in [0, 0.1) is 0 Å². The Bertz CT molecular complexity index is 144. The van der Waals surface area contributed by atoms with Crippen LogP contribution in [-0.2, 0) is 0 Å². The van der Waals surface area contributed by atoms with Crippen LogP contribution in [-0.4, -0.2) is 0 Å². The topological polar surface area (TPSA) is 13.1 Å². The molecular formula is C4H3BrOS.